The van der Waals surface area contributed by atoms with Gasteiger partial charge in [0.25, 0.3) is 0 Å². The molecule has 0 saturated carbocycles. The van der Waals surface area contributed by atoms with Crippen molar-refractivity contribution in [3.8, 4) is 28.6 Å². The summed E-state index contributed by atoms with van der Waals surface area (Å²) < 4.78 is 12.7. The van der Waals surface area contributed by atoms with Crippen molar-refractivity contribution < 1.29 is 14.3 Å². The van der Waals surface area contributed by atoms with Crippen molar-refractivity contribution in [3.63, 3.8) is 0 Å². The number of rotatable bonds is 8. The van der Waals surface area contributed by atoms with Gasteiger partial charge in [-0.25, -0.2) is 0 Å². The molecule has 34 heavy (non-hydrogen) atoms. The zero-order chi connectivity index (χ0) is 24.1. The van der Waals surface area contributed by atoms with E-state index in [-0.39, 0.29) is 11.7 Å². The molecule has 0 aliphatic heterocycles. The number of hydrogen-bond acceptors (Lipinski definition) is 6. The minimum Gasteiger partial charge on any atom is -0.497 e. The summed E-state index contributed by atoms with van der Waals surface area (Å²) in [5.41, 5.74) is 3.13. The van der Waals surface area contributed by atoms with Gasteiger partial charge in [-0.2, -0.15) is 0 Å². The molecule has 4 aromatic rings. The summed E-state index contributed by atoms with van der Waals surface area (Å²) in [6.07, 6.45) is 0. The van der Waals surface area contributed by atoms with Crippen LogP contribution in [0.3, 0.4) is 0 Å². The van der Waals surface area contributed by atoms with Crippen LogP contribution in [0.25, 0.3) is 17.1 Å². The van der Waals surface area contributed by atoms with Crippen LogP contribution in [0.15, 0.2) is 71.9 Å². The van der Waals surface area contributed by atoms with Crippen LogP contribution in [0.5, 0.6) is 11.5 Å². The fraction of sp³-hybridized carbons (Fsp3) is 0.160. The highest BCUT2D eigenvalue weighted by molar-refractivity contribution is 7.99. The normalized spacial score (nSPS) is 10.7. The van der Waals surface area contributed by atoms with Gasteiger partial charge < -0.3 is 14.8 Å². The molecule has 0 aliphatic rings. The second-order valence-corrected chi connectivity index (χ2v) is 8.64. The standard InChI is InChI=1S/C25H23ClN4O3S/c1-16-20(26)8-6-9-21(16)27-23(31)15-34-25-29-28-24(19-7-4-5-10-22(19)33-3)30(25)17-11-13-18(32-2)14-12-17/h4-14H,15H2,1-3H3,(H,27,31). The third kappa shape index (κ3) is 5.03. The molecule has 4 rings (SSSR count). The Kier molecular flexibility index (Phi) is 7.40. The maximum atomic E-state index is 12.7. The van der Waals surface area contributed by atoms with E-state index >= 15 is 0 Å². The van der Waals surface area contributed by atoms with Crippen molar-refractivity contribution in [3.05, 3.63) is 77.3 Å². The number of carbonyl (C=O) groups excluding carboxylic acids is 1. The molecule has 9 heteroatoms. The molecule has 0 unspecified atom stereocenters. The predicted octanol–water partition coefficient (Wildman–Crippen LogP) is 5.64. The second-order valence-electron chi connectivity index (χ2n) is 7.29. The van der Waals surface area contributed by atoms with Crippen LogP contribution in [0, 0.1) is 6.92 Å². The Labute approximate surface area is 207 Å². The van der Waals surface area contributed by atoms with E-state index in [1.807, 2.05) is 66.1 Å². The molecule has 0 fully saturated rings. The molecule has 3 aromatic carbocycles. The first kappa shape index (κ1) is 23.7. The lowest BCUT2D eigenvalue weighted by atomic mass is 10.2. The van der Waals surface area contributed by atoms with E-state index in [1.165, 1.54) is 11.8 Å². The molecule has 1 amide bonds. The molecule has 0 spiro atoms. The highest BCUT2D eigenvalue weighted by Crippen LogP contribution is 2.33. The molecular weight excluding hydrogens is 472 g/mol. The molecule has 0 radical (unpaired) electrons. The fourth-order valence-corrected chi connectivity index (χ4v) is 4.32. The van der Waals surface area contributed by atoms with Crippen LogP contribution in [-0.2, 0) is 4.79 Å². The first-order valence-corrected chi connectivity index (χ1v) is 11.8. The lowest BCUT2D eigenvalue weighted by Crippen LogP contribution is -2.15. The van der Waals surface area contributed by atoms with Crippen molar-refractivity contribution in [2.45, 2.75) is 12.1 Å². The van der Waals surface area contributed by atoms with E-state index in [9.17, 15) is 4.79 Å². The summed E-state index contributed by atoms with van der Waals surface area (Å²) in [4.78, 5) is 12.7. The SMILES string of the molecule is COc1ccc(-n2c(SCC(=O)Nc3cccc(Cl)c3C)nnc2-c2ccccc2OC)cc1. The Bertz CT molecular complexity index is 1310. The quantitative estimate of drug-likeness (QED) is 0.319. The Balaban J connectivity index is 1.65. The summed E-state index contributed by atoms with van der Waals surface area (Å²) in [5, 5.41) is 12.9. The van der Waals surface area contributed by atoms with Crippen molar-refractivity contribution in [2.24, 2.45) is 0 Å². The van der Waals surface area contributed by atoms with Gasteiger partial charge in [-0.15, -0.1) is 10.2 Å². The Morgan fingerprint density at radius 1 is 1.00 bits per heavy atom. The smallest absolute Gasteiger partial charge is 0.234 e. The molecule has 0 atom stereocenters. The molecule has 7 nitrogen and oxygen atoms in total. The molecular formula is C25H23ClN4O3S. The first-order chi connectivity index (χ1) is 16.5. The zero-order valence-electron chi connectivity index (χ0n) is 18.9. The van der Waals surface area contributed by atoms with Crippen LogP contribution >= 0.6 is 23.4 Å². The van der Waals surface area contributed by atoms with Gasteiger partial charge >= 0.3 is 0 Å². The van der Waals surface area contributed by atoms with Gasteiger partial charge in [0.1, 0.15) is 11.5 Å². The lowest BCUT2D eigenvalue weighted by Gasteiger charge is -2.13. The third-order valence-corrected chi connectivity index (χ3v) is 6.52. The first-order valence-electron chi connectivity index (χ1n) is 10.4. The molecule has 1 N–H and O–H groups in total. The molecule has 1 aromatic heterocycles. The van der Waals surface area contributed by atoms with E-state index in [2.05, 4.69) is 15.5 Å². The van der Waals surface area contributed by atoms with Crippen molar-refractivity contribution in [1.82, 2.24) is 14.8 Å². The number of para-hydroxylation sites is 1. The van der Waals surface area contributed by atoms with Crippen LogP contribution < -0.4 is 14.8 Å². The van der Waals surface area contributed by atoms with E-state index in [4.69, 9.17) is 21.1 Å². The third-order valence-electron chi connectivity index (χ3n) is 5.19. The van der Waals surface area contributed by atoms with Gasteiger partial charge in [0.2, 0.25) is 5.91 Å². The number of benzene rings is 3. The minimum absolute atomic E-state index is 0.145. The van der Waals surface area contributed by atoms with Crippen LogP contribution in [0.4, 0.5) is 5.69 Å². The number of thioether (sulfide) groups is 1. The van der Waals surface area contributed by atoms with Crippen LogP contribution in [0.1, 0.15) is 5.56 Å². The number of anilines is 1. The van der Waals surface area contributed by atoms with E-state index in [0.717, 1.165) is 22.6 Å². The number of methoxy groups -OCH3 is 2. The van der Waals surface area contributed by atoms with Crippen molar-refractivity contribution in [1.29, 1.82) is 0 Å². The molecule has 0 saturated heterocycles. The van der Waals surface area contributed by atoms with Crippen molar-refractivity contribution >= 4 is 35.0 Å². The largest absolute Gasteiger partial charge is 0.497 e. The van der Waals surface area contributed by atoms with E-state index < -0.39 is 0 Å². The van der Waals surface area contributed by atoms with Gasteiger partial charge in [-0.3, -0.25) is 9.36 Å². The number of ether oxygens (including phenoxy) is 2. The number of aromatic nitrogens is 3. The van der Waals surface area contributed by atoms with Gasteiger partial charge in [0.05, 0.1) is 31.2 Å². The lowest BCUT2D eigenvalue weighted by molar-refractivity contribution is -0.113. The number of amides is 1. The summed E-state index contributed by atoms with van der Waals surface area (Å²) in [5.74, 6) is 2.00. The maximum Gasteiger partial charge on any atom is 0.234 e. The number of nitrogens with one attached hydrogen (secondary N) is 1. The summed E-state index contributed by atoms with van der Waals surface area (Å²) in [6.45, 7) is 1.87. The minimum atomic E-state index is -0.168. The zero-order valence-corrected chi connectivity index (χ0v) is 20.5. The molecule has 174 valence electrons. The predicted molar refractivity (Wildman–Crippen MR) is 135 cm³/mol. The highest BCUT2D eigenvalue weighted by Gasteiger charge is 2.20. The fourth-order valence-electron chi connectivity index (χ4n) is 3.39. The Morgan fingerprint density at radius 3 is 2.50 bits per heavy atom. The average Bonchev–Trinajstić information content (AvgIpc) is 3.29. The molecule has 0 bridgehead atoms. The Hall–Kier alpha value is -3.49. The number of halogens is 1. The number of nitrogens with zero attached hydrogens (tertiary/aromatic N) is 3. The number of carbonyl (C=O) groups is 1. The molecule has 1 heterocycles. The topological polar surface area (TPSA) is 78.3 Å². The van der Waals surface area contributed by atoms with E-state index in [0.29, 0.717) is 27.4 Å². The summed E-state index contributed by atoms with van der Waals surface area (Å²) in [6, 6.07) is 20.6. The van der Waals surface area contributed by atoms with Gasteiger partial charge in [-0.05, 0) is 61.0 Å². The monoisotopic (exact) mass is 494 g/mol. The second kappa shape index (κ2) is 10.6. The van der Waals surface area contributed by atoms with Gasteiger partial charge in [0.15, 0.2) is 11.0 Å². The Morgan fingerprint density at radius 2 is 1.76 bits per heavy atom. The average molecular weight is 495 g/mol. The summed E-state index contributed by atoms with van der Waals surface area (Å²) in [7, 11) is 3.24. The van der Waals surface area contributed by atoms with Crippen LogP contribution in [-0.4, -0.2) is 40.6 Å². The summed E-state index contributed by atoms with van der Waals surface area (Å²) >= 11 is 7.46. The van der Waals surface area contributed by atoms with E-state index in [1.54, 1.807) is 26.4 Å². The number of hydrogen-bond donors (Lipinski definition) is 1. The van der Waals surface area contributed by atoms with Crippen LogP contribution in [0.2, 0.25) is 5.02 Å². The van der Waals surface area contributed by atoms with Crippen molar-refractivity contribution in [2.75, 3.05) is 25.3 Å². The maximum absolute atomic E-state index is 12.7. The highest BCUT2D eigenvalue weighted by atomic mass is 35.5. The molecule has 0 aliphatic carbocycles. The van der Waals surface area contributed by atoms with Gasteiger partial charge in [-0.1, -0.05) is 41.6 Å². The van der Waals surface area contributed by atoms with Gasteiger partial charge in [0, 0.05) is 10.7 Å².